The van der Waals surface area contributed by atoms with Crippen molar-refractivity contribution in [3.8, 4) is 0 Å². The average Bonchev–Trinajstić information content (AvgIpc) is 3.46. The second-order valence-electron chi connectivity index (χ2n) is 25.6. The summed E-state index contributed by atoms with van der Waals surface area (Å²) in [6.45, 7) is 5.00. The highest BCUT2D eigenvalue weighted by molar-refractivity contribution is 5.76. The number of aliphatic hydroxyl groups is 2. The molecule has 0 aromatic rings. The zero-order valence-corrected chi connectivity index (χ0v) is 54.6. The molecule has 2 atom stereocenters. The summed E-state index contributed by atoms with van der Waals surface area (Å²) < 4.78 is 5.50. The van der Waals surface area contributed by atoms with Crippen molar-refractivity contribution in [3.05, 3.63) is 12.2 Å². The van der Waals surface area contributed by atoms with E-state index in [-0.39, 0.29) is 18.5 Å². The van der Waals surface area contributed by atoms with E-state index in [9.17, 15) is 19.8 Å². The highest BCUT2D eigenvalue weighted by Gasteiger charge is 2.20. The predicted molar refractivity (Wildman–Crippen MR) is 352 cm³/mol. The molecule has 0 aliphatic carbocycles. The van der Waals surface area contributed by atoms with E-state index in [2.05, 4.69) is 31.3 Å². The van der Waals surface area contributed by atoms with Gasteiger partial charge in [0.15, 0.2) is 0 Å². The molecule has 0 radical (unpaired) electrons. The van der Waals surface area contributed by atoms with E-state index in [1.54, 1.807) is 0 Å². The van der Waals surface area contributed by atoms with Crippen molar-refractivity contribution >= 4 is 11.9 Å². The van der Waals surface area contributed by atoms with Crippen LogP contribution < -0.4 is 5.32 Å². The number of ether oxygens (including phenoxy) is 1. The van der Waals surface area contributed by atoms with Gasteiger partial charge in [-0.1, -0.05) is 373 Å². The summed E-state index contributed by atoms with van der Waals surface area (Å²) in [4.78, 5) is 24.6. The molecule has 3 N–H and O–H groups in total. The molecule has 1 amide bonds. The molecule has 0 bridgehead atoms. The van der Waals surface area contributed by atoms with Gasteiger partial charge in [0.25, 0.3) is 0 Å². The molecule has 0 heterocycles. The Bertz CT molecular complexity index is 1210. The zero-order valence-electron chi connectivity index (χ0n) is 54.6. The lowest BCUT2D eigenvalue weighted by atomic mass is 10.0. The Morgan fingerprint density at radius 3 is 0.887 bits per heavy atom. The minimum atomic E-state index is -0.660. The Kier molecular flexibility index (Phi) is 68.9. The van der Waals surface area contributed by atoms with Crippen molar-refractivity contribution in [2.45, 2.75) is 437 Å². The van der Waals surface area contributed by atoms with Crippen molar-refractivity contribution in [3.63, 3.8) is 0 Å². The van der Waals surface area contributed by atoms with Gasteiger partial charge in [-0.3, -0.25) is 9.59 Å². The molecule has 0 saturated carbocycles. The maximum Gasteiger partial charge on any atom is 0.305 e. The molecule has 0 fully saturated rings. The van der Waals surface area contributed by atoms with Crippen molar-refractivity contribution in [2.75, 3.05) is 13.2 Å². The van der Waals surface area contributed by atoms with Crippen LogP contribution in [0.2, 0.25) is 0 Å². The lowest BCUT2D eigenvalue weighted by Crippen LogP contribution is -2.45. The highest BCUT2D eigenvalue weighted by Crippen LogP contribution is 2.19. The second-order valence-corrected chi connectivity index (χ2v) is 25.6. The number of aliphatic hydroxyl groups excluding tert-OH is 2. The first kappa shape index (κ1) is 78.6. The van der Waals surface area contributed by atoms with Gasteiger partial charge in [-0.25, -0.2) is 0 Å². The summed E-state index contributed by atoms with van der Waals surface area (Å²) in [5.74, 6) is -0.00484. The summed E-state index contributed by atoms with van der Waals surface area (Å²) in [7, 11) is 0. The summed E-state index contributed by atoms with van der Waals surface area (Å²) in [6, 6.07) is -0.537. The monoisotopic (exact) mass is 1130 g/mol. The van der Waals surface area contributed by atoms with Crippen LogP contribution in [0.15, 0.2) is 12.2 Å². The predicted octanol–water partition coefficient (Wildman–Crippen LogP) is 23.9. The van der Waals surface area contributed by atoms with Crippen LogP contribution in [-0.2, 0) is 14.3 Å². The van der Waals surface area contributed by atoms with E-state index in [0.29, 0.717) is 25.9 Å². The summed E-state index contributed by atoms with van der Waals surface area (Å²) in [5.41, 5.74) is 0. The van der Waals surface area contributed by atoms with Crippen LogP contribution in [0, 0.1) is 0 Å². The van der Waals surface area contributed by atoms with Gasteiger partial charge < -0.3 is 20.3 Å². The third-order valence-corrected chi connectivity index (χ3v) is 17.6. The van der Waals surface area contributed by atoms with E-state index in [1.807, 2.05) is 0 Å². The molecule has 0 saturated heterocycles. The van der Waals surface area contributed by atoms with Crippen LogP contribution in [0.3, 0.4) is 0 Å². The lowest BCUT2D eigenvalue weighted by molar-refractivity contribution is -0.143. The summed E-state index contributed by atoms with van der Waals surface area (Å²) in [5, 5.41) is 23.3. The van der Waals surface area contributed by atoms with Gasteiger partial charge in [-0.2, -0.15) is 0 Å². The van der Waals surface area contributed by atoms with E-state index >= 15 is 0 Å². The third kappa shape index (κ3) is 65.7. The van der Waals surface area contributed by atoms with Crippen LogP contribution in [0.5, 0.6) is 0 Å². The molecular weight excluding hydrogens is 983 g/mol. The average molecular weight is 1130 g/mol. The SMILES string of the molecule is CCCCCCCCCCCCCCCCC(=O)OCCCCCCCCCCCCCCCC/C=C\CCCCCCCCCCCCCCCCCCCC(=O)NC(CO)C(O)CCCCCCCCCCCCCCCC. The largest absolute Gasteiger partial charge is 0.466 e. The highest BCUT2D eigenvalue weighted by atomic mass is 16.5. The molecule has 6 nitrogen and oxygen atoms in total. The van der Waals surface area contributed by atoms with Crippen LogP contribution in [0.25, 0.3) is 0 Å². The molecule has 0 aliphatic heterocycles. The molecule has 80 heavy (non-hydrogen) atoms. The minimum Gasteiger partial charge on any atom is -0.466 e. The lowest BCUT2D eigenvalue weighted by Gasteiger charge is -2.22. The van der Waals surface area contributed by atoms with Gasteiger partial charge in [-0.05, 0) is 51.4 Å². The number of allylic oxidation sites excluding steroid dienone is 2. The maximum atomic E-state index is 12.5. The van der Waals surface area contributed by atoms with Gasteiger partial charge in [0.1, 0.15) is 0 Å². The number of carbonyl (C=O) groups is 2. The number of hydrogen-bond donors (Lipinski definition) is 3. The number of amides is 1. The standard InChI is InChI=1S/C74H145NO5/c1-3-5-7-9-11-13-15-17-42-46-50-54-58-62-66-72(77)71(70-76)75-73(78)67-63-59-55-51-47-43-40-38-36-34-32-30-28-26-24-22-20-19-21-23-25-27-29-31-33-35-37-39-41-45-49-53-57-61-65-69-80-74(79)68-64-60-56-52-48-44-18-16-14-12-10-8-6-4-2/h21,23,71-72,76-77H,3-20,22,24-70H2,1-2H3,(H,75,78)/b23-21-. The van der Waals surface area contributed by atoms with Crippen LogP contribution >= 0.6 is 0 Å². The molecule has 0 aromatic carbocycles. The van der Waals surface area contributed by atoms with E-state index in [4.69, 9.17) is 4.74 Å². The Morgan fingerprint density at radius 1 is 0.338 bits per heavy atom. The van der Waals surface area contributed by atoms with Gasteiger partial charge in [0, 0.05) is 12.8 Å². The smallest absolute Gasteiger partial charge is 0.305 e. The third-order valence-electron chi connectivity index (χ3n) is 17.6. The summed E-state index contributed by atoms with van der Waals surface area (Å²) >= 11 is 0. The Balaban J connectivity index is 3.32. The quantitative estimate of drug-likeness (QED) is 0.0320. The number of unbranched alkanes of at least 4 members (excludes halogenated alkanes) is 57. The van der Waals surface area contributed by atoms with Crippen molar-refractivity contribution < 1.29 is 24.5 Å². The molecular formula is C74H145NO5. The van der Waals surface area contributed by atoms with E-state index < -0.39 is 12.1 Å². The van der Waals surface area contributed by atoms with Gasteiger partial charge in [-0.15, -0.1) is 0 Å². The van der Waals surface area contributed by atoms with Crippen LogP contribution in [-0.4, -0.2) is 47.4 Å². The van der Waals surface area contributed by atoms with Gasteiger partial charge >= 0.3 is 5.97 Å². The van der Waals surface area contributed by atoms with Gasteiger partial charge in [0.2, 0.25) is 5.91 Å². The Labute approximate surface area is 501 Å². The first-order valence-electron chi connectivity index (χ1n) is 36.9. The topological polar surface area (TPSA) is 95.9 Å². The Hall–Kier alpha value is -1.40. The summed E-state index contributed by atoms with van der Waals surface area (Å²) in [6.07, 6.45) is 87.2. The van der Waals surface area contributed by atoms with Crippen molar-refractivity contribution in [1.82, 2.24) is 5.32 Å². The van der Waals surface area contributed by atoms with Gasteiger partial charge in [0.05, 0.1) is 25.4 Å². The number of rotatable bonds is 70. The molecule has 0 aromatic heterocycles. The minimum absolute atomic E-state index is 0.0234. The number of nitrogens with one attached hydrogen (secondary N) is 1. The fourth-order valence-electron chi connectivity index (χ4n) is 11.9. The zero-order chi connectivity index (χ0) is 57.8. The van der Waals surface area contributed by atoms with Crippen molar-refractivity contribution in [1.29, 1.82) is 0 Å². The second kappa shape index (κ2) is 70.1. The number of hydrogen-bond acceptors (Lipinski definition) is 5. The first-order chi connectivity index (χ1) is 39.5. The molecule has 0 aliphatic rings. The first-order valence-corrected chi connectivity index (χ1v) is 36.9. The van der Waals surface area contributed by atoms with Crippen molar-refractivity contribution in [2.24, 2.45) is 0 Å². The normalized spacial score (nSPS) is 12.5. The Morgan fingerprint density at radius 2 is 0.588 bits per heavy atom. The molecule has 0 rings (SSSR count). The van der Waals surface area contributed by atoms with E-state index in [1.165, 1.54) is 353 Å². The molecule has 2 unspecified atom stereocenters. The molecule has 0 spiro atoms. The maximum absolute atomic E-state index is 12.5. The number of carbonyl (C=O) groups excluding carboxylic acids is 2. The molecule has 6 heteroatoms. The number of esters is 1. The fourth-order valence-corrected chi connectivity index (χ4v) is 11.9. The van der Waals surface area contributed by atoms with Crippen LogP contribution in [0.4, 0.5) is 0 Å². The van der Waals surface area contributed by atoms with Crippen LogP contribution in [0.1, 0.15) is 425 Å². The van der Waals surface area contributed by atoms with E-state index in [0.717, 1.165) is 38.5 Å². The fraction of sp³-hybridized carbons (Fsp3) is 0.946. The molecule has 476 valence electrons.